The van der Waals surface area contributed by atoms with Gasteiger partial charge in [-0.05, 0) is 63.5 Å². The average Bonchev–Trinajstić information content (AvgIpc) is 3.17. The van der Waals surface area contributed by atoms with Gasteiger partial charge in [0.1, 0.15) is 0 Å². The molecule has 0 bridgehead atoms. The third-order valence-corrected chi connectivity index (χ3v) is 4.16. The van der Waals surface area contributed by atoms with Crippen molar-refractivity contribution in [1.82, 2.24) is 5.32 Å². The molecule has 0 heterocycles. The van der Waals surface area contributed by atoms with Crippen LogP contribution in [0.1, 0.15) is 44.2 Å². The van der Waals surface area contributed by atoms with Crippen LogP contribution >= 0.6 is 0 Å². The highest BCUT2D eigenvalue weighted by Crippen LogP contribution is 2.36. The van der Waals surface area contributed by atoms with Crippen LogP contribution in [0.4, 0.5) is 0 Å². The molecule has 1 N–H and O–H groups in total. The van der Waals surface area contributed by atoms with Crippen molar-refractivity contribution >= 4 is 0 Å². The molecule has 2 atom stereocenters. The lowest BCUT2D eigenvalue weighted by Crippen LogP contribution is -2.31. The van der Waals surface area contributed by atoms with Crippen molar-refractivity contribution < 1.29 is 0 Å². The first-order valence-electron chi connectivity index (χ1n) is 7.44. The Kier molecular flexibility index (Phi) is 4.82. The van der Waals surface area contributed by atoms with Gasteiger partial charge in [0, 0.05) is 6.04 Å². The topological polar surface area (TPSA) is 12.0 Å². The summed E-state index contributed by atoms with van der Waals surface area (Å²) in [6, 6.07) is 9.51. The standard InChI is InChI=1S/C17H27N/c1-13-5-4-6-16(11-13)8-7-15(3)18-12-14(2)17-9-10-17/h4-6,11,14-15,17-18H,7-10,12H2,1-3H3. The van der Waals surface area contributed by atoms with E-state index in [1.54, 1.807) is 0 Å². The van der Waals surface area contributed by atoms with Gasteiger partial charge in [0.05, 0.1) is 0 Å². The second-order valence-electron chi connectivity index (χ2n) is 6.15. The fraction of sp³-hybridized carbons (Fsp3) is 0.647. The first-order chi connectivity index (χ1) is 8.65. The molecule has 18 heavy (non-hydrogen) atoms. The summed E-state index contributed by atoms with van der Waals surface area (Å²) in [5.74, 6) is 1.88. The molecule has 0 aromatic heterocycles. The van der Waals surface area contributed by atoms with E-state index in [4.69, 9.17) is 0 Å². The molecule has 0 aliphatic heterocycles. The molecule has 0 saturated heterocycles. The van der Waals surface area contributed by atoms with E-state index in [0.717, 1.165) is 11.8 Å². The second kappa shape index (κ2) is 6.38. The third kappa shape index (κ3) is 4.45. The van der Waals surface area contributed by atoms with Gasteiger partial charge in [0.25, 0.3) is 0 Å². The second-order valence-corrected chi connectivity index (χ2v) is 6.15. The molecule has 0 amide bonds. The SMILES string of the molecule is Cc1cccc(CCC(C)NCC(C)C2CC2)c1. The van der Waals surface area contributed by atoms with E-state index >= 15 is 0 Å². The molecule has 2 rings (SSSR count). The maximum Gasteiger partial charge on any atom is 0.00420 e. The molecule has 1 heteroatoms. The highest BCUT2D eigenvalue weighted by Gasteiger charge is 2.27. The summed E-state index contributed by atoms with van der Waals surface area (Å²) in [4.78, 5) is 0. The van der Waals surface area contributed by atoms with Crippen LogP contribution in [0.2, 0.25) is 0 Å². The van der Waals surface area contributed by atoms with Crippen LogP contribution in [0.25, 0.3) is 0 Å². The number of benzene rings is 1. The van der Waals surface area contributed by atoms with Crippen molar-refractivity contribution in [2.24, 2.45) is 11.8 Å². The van der Waals surface area contributed by atoms with Crippen molar-refractivity contribution in [2.45, 2.75) is 52.5 Å². The smallest absolute Gasteiger partial charge is 0.00420 e. The number of hydrogen-bond donors (Lipinski definition) is 1. The highest BCUT2D eigenvalue weighted by molar-refractivity contribution is 5.22. The van der Waals surface area contributed by atoms with Gasteiger partial charge in [0.15, 0.2) is 0 Å². The first kappa shape index (κ1) is 13.6. The van der Waals surface area contributed by atoms with E-state index in [1.807, 2.05) is 0 Å². The molecule has 0 spiro atoms. The summed E-state index contributed by atoms with van der Waals surface area (Å²) >= 11 is 0. The van der Waals surface area contributed by atoms with Gasteiger partial charge in [-0.15, -0.1) is 0 Å². The van der Waals surface area contributed by atoms with E-state index in [-0.39, 0.29) is 0 Å². The fourth-order valence-corrected chi connectivity index (χ4v) is 2.57. The van der Waals surface area contributed by atoms with E-state index in [1.165, 1.54) is 43.4 Å². The number of nitrogens with one attached hydrogen (secondary N) is 1. The summed E-state index contributed by atoms with van der Waals surface area (Å²) in [5, 5.41) is 3.69. The van der Waals surface area contributed by atoms with Crippen molar-refractivity contribution in [2.75, 3.05) is 6.54 Å². The van der Waals surface area contributed by atoms with Crippen LogP contribution in [0.15, 0.2) is 24.3 Å². The predicted molar refractivity (Wildman–Crippen MR) is 78.9 cm³/mol. The first-order valence-corrected chi connectivity index (χ1v) is 7.44. The molecule has 2 unspecified atom stereocenters. The normalized spacial score (nSPS) is 18.6. The minimum atomic E-state index is 0.631. The van der Waals surface area contributed by atoms with Gasteiger partial charge in [-0.25, -0.2) is 0 Å². The van der Waals surface area contributed by atoms with E-state index in [0.29, 0.717) is 6.04 Å². The monoisotopic (exact) mass is 245 g/mol. The van der Waals surface area contributed by atoms with Crippen LogP contribution in [-0.2, 0) is 6.42 Å². The lowest BCUT2D eigenvalue weighted by Gasteiger charge is -2.17. The molecule has 1 fully saturated rings. The molecule has 1 aromatic rings. The Morgan fingerprint density at radius 1 is 1.28 bits per heavy atom. The zero-order valence-electron chi connectivity index (χ0n) is 12.1. The number of rotatable bonds is 7. The molecular formula is C17H27N. The summed E-state index contributed by atoms with van der Waals surface area (Å²) in [7, 11) is 0. The molecule has 1 aliphatic rings. The Bertz CT molecular complexity index is 368. The van der Waals surface area contributed by atoms with Crippen LogP contribution in [0, 0.1) is 18.8 Å². The van der Waals surface area contributed by atoms with Crippen molar-refractivity contribution in [3.63, 3.8) is 0 Å². The predicted octanol–water partition coefficient (Wildman–Crippen LogP) is 3.95. The molecular weight excluding hydrogens is 218 g/mol. The average molecular weight is 245 g/mol. The summed E-state index contributed by atoms with van der Waals surface area (Å²) in [6.45, 7) is 8.06. The van der Waals surface area contributed by atoms with Gasteiger partial charge in [-0.1, -0.05) is 36.8 Å². The maximum absolute atomic E-state index is 3.69. The minimum Gasteiger partial charge on any atom is -0.314 e. The van der Waals surface area contributed by atoms with Crippen molar-refractivity contribution in [3.8, 4) is 0 Å². The zero-order chi connectivity index (χ0) is 13.0. The minimum absolute atomic E-state index is 0.631. The van der Waals surface area contributed by atoms with Crippen LogP contribution < -0.4 is 5.32 Å². The van der Waals surface area contributed by atoms with Gasteiger partial charge < -0.3 is 5.32 Å². The van der Waals surface area contributed by atoms with Crippen molar-refractivity contribution in [3.05, 3.63) is 35.4 Å². The lowest BCUT2D eigenvalue weighted by atomic mass is 10.0. The van der Waals surface area contributed by atoms with Gasteiger partial charge in [0.2, 0.25) is 0 Å². The molecule has 1 nitrogen and oxygen atoms in total. The van der Waals surface area contributed by atoms with Gasteiger partial charge >= 0.3 is 0 Å². The Balaban J connectivity index is 1.66. The highest BCUT2D eigenvalue weighted by atomic mass is 14.9. The van der Waals surface area contributed by atoms with E-state index in [9.17, 15) is 0 Å². The van der Waals surface area contributed by atoms with Crippen molar-refractivity contribution in [1.29, 1.82) is 0 Å². The van der Waals surface area contributed by atoms with Crippen LogP contribution in [0.3, 0.4) is 0 Å². The summed E-state index contributed by atoms with van der Waals surface area (Å²) in [5.41, 5.74) is 2.84. The molecule has 1 aliphatic carbocycles. The third-order valence-electron chi connectivity index (χ3n) is 4.16. The largest absolute Gasteiger partial charge is 0.314 e. The molecule has 100 valence electrons. The van der Waals surface area contributed by atoms with Gasteiger partial charge in [-0.3, -0.25) is 0 Å². The Labute approximate surface area is 112 Å². The Hall–Kier alpha value is -0.820. The zero-order valence-corrected chi connectivity index (χ0v) is 12.1. The lowest BCUT2D eigenvalue weighted by molar-refractivity contribution is 0.415. The van der Waals surface area contributed by atoms with Crippen LogP contribution in [0.5, 0.6) is 0 Å². The summed E-state index contributed by atoms with van der Waals surface area (Å²) < 4.78 is 0. The molecule has 0 radical (unpaired) electrons. The van der Waals surface area contributed by atoms with Gasteiger partial charge in [-0.2, -0.15) is 0 Å². The van der Waals surface area contributed by atoms with E-state index < -0.39 is 0 Å². The number of hydrogen-bond acceptors (Lipinski definition) is 1. The maximum atomic E-state index is 3.69. The quantitative estimate of drug-likeness (QED) is 0.767. The molecule has 1 saturated carbocycles. The number of aryl methyl sites for hydroxylation is 2. The summed E-state index contributed by atoms with van der Waals surface area (Å²) in [6.07, 6.45) is 5.34. The fourth-order valence-electron chi connectivity index (χ4n) is 2.57. The van der Waals surface area contributed by atoms with E-state index in [2.05, 4.69) is 50.4 Å². The van der Waals surface area contributed by atoms with Crippen LogP contribution in [-0.4, -0.2) is 12.6 Å². The Morgan fingerprint density at radius 2 is 2.06 bits per heavy atom. The Morgan fingerprint density at radius 3 is 2.72 bits per heavy atom. The molecule has 1 aromatic carbocycles.